The van der Waals surface area contributed by atoms with Gasteiger partial charge in [-0.1, -0.05) is 0 Å². The molecule has 1 heterocycles. The number of benzene rings is 1. The molecule has 2 saturated carbocycles. The highest BCUT2D eigenvalue weighted by atomic mass is 16.5. The van der Waals surface area contributed by atoms with Crippen LogP contribution in [0.2, 0.25) is 0 Å². The second kappa shape index (κ2) is 7.39. The lowest BCUT2D eigenvalue weighted by Crippen LogP contribution is -2.25. The zero-order valence-electron chi connectivity index (χ0n) is 14.7. The fraction of sp³-hybridized carbons (Fsp3) is 0.550. The number of aryl methyl sites for hydroxylation is 1. The first-order valence-corrected chi connectivity index (χ1v) is 9.07. The third kappa shape index (κ3) is 3.64. The first kappa shape index (κ1) is 17.0. The number of aromatic amines is 1. The van der Waals surface area contributed by atoms with Gasteiger partial charge in [0.2, 0.25) is 0 Å². The minimum absolute atomic E-state index is 0.0305. The van der Waals surface area contributed by atoms with Crippen LogP contribution in [0.4, 0.5) is 0 Å². The molecule has 130 valence electrons. The van der Waals surface area contributed by atoms with Crippen LogP contribution >= 0.6 is 0 Å². The summed E-state index contributed by atoms with van der Waals surface area (Å²) in [5.41, 5.74) is 5.52. The molecule has 0 amide bonds. The summed E-state index contributed by atoms with van der Waals surface area (Å²) in [5.74, 6) is 2.92. The van der Waals surface area contributed by atoms with Crippen molar-refractivity contribution in [1.82, 2.24) is 4.98 Å². The lowest BCUT2D eigenvalue weighted by atomic mass is 9.84. The quantitative estimate of drug-likeness (QED) is 0.901. The van der Waals surface area contributed by atoms with Gasteiger partial charge >= 0.3 is 0 Å². The monoisotopic (exact) mass is 328 g/mol. The van der Waals surface area contributed by atoms with Crippen LogP contribution in [0.1, 0.15) is 44.1 Å². The van der Waals surface area contributed by atoms with Crippen molar-refractivity contribution in [2.24, 2.45) is 17.6 Å². The van der Waals surface area contributed by atoms with E-state index in [2.05, 4.69) is 10.7 Å². The van der Waals surface area contributed by atoms with Gasteiger partial charge in [0.25, 0.3) is 5.56 Å². The Bertz CT molecular complexity index is 741. The number of H-pyrrole nitrogens is 1. The van der Waals surface area contributed by atoms with E-state index in [4.69, 9.17) is 4.74 Å². The number of hydrogen-bond acceptors (Lipinski definition) is 3. The van der Waals surface area contributed by atoms with Crippen molar-refractivity contribution in [2.45, 2.75) is 51.6 Å². The number of nitrogens with two attached hydrogens (primary N) is 1. The van der Waals surface area contributed by atoms with Crippen molar-refractivity contribution in [3.63, 3.8) is 0 Å². The SMILES string of the molecule is CN.Cc1cc2c(=O)[nH]ccc2cc1OC1CCC(C2CC2)CC1. The van der Waals surface area contributed by atoms with E-state index < -0.39 is 0 Å². The van der Waals surface area contributed by atoms with Crippen LogP contribution in [0, 0.1) is 18.8 Å². The van der Waals surface area contributed by atoms with Gasteiger partial charge in [-0.15, -0.1) is 0 Å². The lowest BCUT2D eigenvalue weighted by molar-refractivity contribution is 0.124. The molecule has 0 atom stereocenters. The van der Waals surface area contributed by atoms with Crippen LogP contribution in [-0.2, 0) is 0 Å². The Labute approximate surface area is 143 Å². The molecule has 0 aliphatic heterocycles. The average molecular weight is 328 g/mol. The third-order valence-electron chi connectivity index (χ3n) is 5.37. The minimum Gasteiger partial charge on any atom is -0.490 e. The molecule has 1 aromatic carbocycles. The predicted molar refractivity (Wildman–Crippen MR) is 98.5 cm³/mol. The van der Waals surface area contributed by atoms with Gasteiger partial charge in [0.1, 0.15) is 5.75 Å². The molecule has 0 radical (unpaired) electrons. The summed E-state index contributed by atoms with van der Waals surface area (Å²) in [6.45, 7) is 2.02. The lowest BCUT2D eigenvalue weighted by Gasteiger charge is -2.29. The molecule has 24 heavy (non-hydrogen) atoms. The second-order valence-electron chi connectivity index (χ2n) is 7.00. The summed E-state index contributed by atoms with van der Waals surface area (Å²) in [7, 11) is 1.50. The summed E-state index contributed by atoms with van der Waals surface area (Å²) >= 11 is 0. The summed E-state index contributed by atoms with van der Waals surface area (Å²) in [6, 6.07) is 5.90. The Morgan fingerprint density at radius 2 is 1.67 bits per heavy atom. The van der Waals surface area contributed by atoms with E-state index in [9.17, 15) is 4.79 Å². The number of hydrogen-bond donors (Lipinski definition) is 2. The second-order valence-corrected chi connectivity index (χ2v) is 7.00. The molecule has 4 rings (SSSR count). The molecule has 0 unspecified atom stereocenters. The molecule has 4 nitrogen and oxygen atoms in total. The number of aromatic nitrogens is 1. The molecule has 0 bridgehead atoms. The van der Waals surface area contributed by atoms with Crippen LogP contribution in [0.25, 0.3) is 10.8 Å². The van der Waals surface area contributed by atoms with Gasteiger partial charge in [0.15, 0.2) is 0 Å². The maximum absolute atomic E-state index is 11.8. The summed E-state index contributed by atoms with van der Waals surface area (Å²) < 4.78 is 6.27. The molecular formula is C20H28N2O2. The highest BCUT2D eigenvalue weighted by Crippen LogP contribution is 2.44. The van der Waals surface area contributed by atoms with E-state index in [0.29, 0.717) is 6.10 Å². The molecule has 2 aromatic rings. The zero-order valence-corrected chi connectivity index (χ0v) is 14.7. The predicted octanol–water partition coefficient (Wildman–Crippen LogP) is 3.76. The van der Waals surface area contributed by atoms with E-state index in [1.54, 1.807) is 6.20 Å². The van der Waals surface area contributed by atoms with Crippen LogP contribution in [0.15, 0.2) is 29.2 Å². The number of rotatable bonds is 3. The fourth-order valence-corrected chi connectivity index (χ4v) is 3.88. The smallest absolute Gasteiger partial charge is 0.255 e. The van der Waals surface area contributed by atoms with Crippen LogP contribution < -0.4 is 16.0 Å². The molecule has 2 aliphatic rings. The molecular weight excluding hydrogens is 300 g/mol. The summed E-state index contributed by atoms with van der Waals surface area (Å²) in [4.78, 5) is 14.6. The standard InChI is InChI=1S/C19H23NO2.CH5N/c1-12-10-17-15(8-9-20-19(17)21)11-18(12)22-16-6-4-14(5-7-16)13-2-3-13;1-2/h8-11,13-14,16H,2-7H2,1H3,(H,20,21);2H2,1H3. The largest absolute Gasteiger partial charge is 0.490 e. The highest BCUT2D eigenvalue weighted by molar-refractivity contribution is 5.83. The molecule has 4 heteroatoms. The first-order chi connectivity index (χ1) is 11.7. The van der Waals surface area contributed by atoms with Gasteiger partial charge < -0.3 is 15.5 Å². The zero-order chi connectivity index (χ0) is 17.1. The van der Waals surface area contributed by atoms with Crippen LogP contribution in [0.5, 0.6) is 5.75 Å². The Morgan fingerprint density at radius 1 is 1.04 bits per heavy atom. The van der Waals surface area contributed by atoms with E-state index in [1.807, 2.05) is 25.1 Å². The van der Waals surface area contributed by atoms with E-state index >= 15 is 0 Å². The molecule has 1 aromatic heterocycles. The van der Waals surface area contributed by atoms with Gasteiger partial charge in [-0.25, -0.2) is 0 Å². The highest BCUT2D eigenvalue weighted by Gasteiger charge is 2.34. The molecule has 2 fully saturated rings. The van der Waals surface area contributed by atoms with Gasteiger partial charge in [-0.3, -0.25) is 4.79 Å². The van der Waals surface area contributed by atoms with E-state index in [0.717, 1.165) is 33.9 Å². The Morgan fingerprint density at radius 3 is 2.29 bits per heavy atom. The summed E-state index contributed by atoms with van der Waals surface area (Å²) in [6.07, 6.45) is 9.94. The van der Waals surface area contributed by atoms with Crippen molar-refractivity contribution >= 4 is 10.8 Å². The molecule has 2 aliphatic carbocycles. The Kier molecular flexibility index (Phi) is 5.24. The van der Waals surface area contributed by atoms with E-state index in [-0.39, 0.29) is 5.56 Å². The van der Waals surface area contributed by atoms with Crippen LogP contribution in [-0.4, -0.2) is 18.1 Å². The number of ether oxygens (including phenoxy) is 1. The normalized spacial score (nSPS) is 23.5. The summed E-state index contributed by atoms with van der Waals surface area (Å²) in [5, 5.41) is 1.70. The maximum Gasteiger partial charge on any atom is 0.255 e. The van der Waals surface area contributed by atoms with Crippen molar-refractivity contribution in [3.8, 4) is 5.75 Å². The molecule has 0 spiro atoms. The van der Waals surface area contributed by atoms with Gasteiger partial charge in [0, 0.05) is 11.6 Å². The first-order valence-electron chi connectivity index (χ1n) is 9.07. The number of pyridine rings is 1. The molecule has 0 saturated heterocycles. The van der Waals surface area contributed by atoms with Crippen molar-refractivity contribution < 1.29 is 4.74 Å². The van der Waals surface area contributed by atoms with Crippen molar-refractivity contribution in [1.29, 1.82) is 0 Å². The fourth-order valence-electron chi connectivity index (χ4n) is 3.88. The van der Waals surface area contributed by atoms with Crippen molar-refractivity contribution in [2.75, 3.05) is 7.05 Å². The van der Waals surface area contributed by atoms with E-state index in [1.165, 1.54) is 45.6 Å². The Hall–Kier alpha value is -1.81. The third-order valence-corrected chi connectivity index (χ3v) is 5.37. The number of nitrogens with one attached hydrogen (secondary N) is 1. The van der Waals surface area contributed by atoms with Gasteiger partial charge in [-0.05, 0) is 93.5 Å². The number of fused-ring (bicyclic) bond motifs is 1. The molecule has 3 N–H and O–H groups in total. The average Bonchev–Trinajstić information content (AvgIpc) is 3.44. The van der Waals surface area contributed by atoms with Crippen LogP contribution in [0.3, 0.4) is 0 Å². The maximum atomic E-state index is 11.8. The van der Waals surface area contributed by atoms with Gasteiger partial charge in [0.05, 0.1) is 6.10 Å². The van der Waals surface area contributed by atoms with Gasteiger partial charge in [-0.2, -0.15) is 0 Å². The Balaban J connectivity index is 0.000000815. The minimum atomic E-state index is -0.0305. The topological polar surface area (TPSA) is 68.1 Å². The van der Waals surface area contributed by atoms with Crippen molar-refractivity contribution in [3.05, 3.63) is 40.3 Å².